The summed E-state index contributed by atoms with van der Waals surface area (Å²) in [6.07, 6.45) is 0.0944. The average Bonchev–Trinajstić information content (AvgIpc) is 2.38. The molecule has 1 aromatic rings. The number of hydrogen-bond acceptors (Lipinski definition) is 4. The normalized spacial score (nSPS) is 18.6. The fourth-order valence-corrected chi connectivity index (χ4v) is 2.45. The van der Waals surface area contributed by atoms with Crippen molar-refractivity contribution in [3.63, 3.8) is 0 Å². The van der Waals surface area contributed by atoms with Crippen molar-refractivity contribution in [1.29, 1.82) is 0 Å². The number of morpholine rings is 1. The van der Waals surface area contributed by atoms with Crippen LogP contribution >= 0.6 is 15.9 Å². The Bertz CT molecular complexity index is 515. The van der Waals surface area contributed by atoms with E-state index in [1.54, 1.807) is 6.07 Å². The molecule has 0 spiro atoms. The first-order valence-corrected chi connectivity index (χ1v) is 7.00. The van der Waals surface area contributed by atoms with Crippen LogP contribution in [-0.2, 0) is 9.53 Å². The van der Waals surface area contributed by atoms with Crippen LogP contribution in [0.15, 0.2) is 22.7 Å². The van der Waals surface area contributed by atoms with Crippen LogP contribution in [0.2, 0.25) is 0 Å². The minimum Gasteiger partial charge on any atom is -0.478 e. The van der Waals surface area contributed by atoms with Gasteiger partial charge in [-0.2, -0.15) is 0 Å². The molecule has 1 heterocycles. The lowest BCUT2D eigenvalue weighted by molar-refractivity contribution is -0.119. The van der Waals surface area contributed by atoms with Crippen molar-refractivity contribution in [2.45, 2.75) is 12.5 Å². The number of nitrogens with one attached hydrogen (secondary N) is 2. The zero-order chi connectivity index (χ0) is 14.5. The summed E-state index contributed by atoms with van der Waals surface area (Å²) >= 11 is 3.22. The summed E-state index contributed by atoms with van der Waals surface area (Å²) in [6, 6.07) is 4.56. The van der Waals surface area contributed by atoms with Crippen LogP contribution < -0.4 is 10.6 Å². The van der Waals surface area contributed by atoms with Gasteiger partial charge in [0.1, 0.15) is 0 Å². The number of rotatable bonds is 4. The fourth-order valence-electron chi connectivity index (χ4n) is 1.95. The second-order valence-corrected chi connectivity index (χ2v) is 5.40. The molecule has 1 fully saturated rings. The largest absolute Gasteiger partial charge is 0.478 e. The lowest BCUT2D eigenvalue weighted by Gasteiger charge is -2.23. The van der Waals surface area contributed by atoms with Gasteiger partial charge in [0, 0.05) is 23.2 Å². The third-order valence-corrected chi connectivity index (χ3v) is 3.30. The van der Waals surface area contributed by atoms with Gasteiger partial charge < -0.3 is 20.5 Å². The molecule has 1 aromatic carbocycles. The molecule has 0 bridgehead atoms. The van der Waals surface area contributed by atoms with E-state index < -0.39 is 5.97 Å². The van der Waals surface area contributed by atoms with E-state index in [2.05, 4.69) is 26.6 Å². The maximum Gasteiger partial charge on any atom is 0.335 e. The van der Waals surface area contributed by atoms with Crippen LogP contribution in [0.3, 0.4) is 0 Å². The number of aromatic carboxylic acids is 1. The van der Waals surface area contributed by atoms with E-state index in [0.717, 1.165) is 6.54 Å². The lowest BCUT2D eigenvalue weighted by Crippen LogP contribution is -2.40. The molecule has 1 aliphatic heterocycles. The van der Waals surface area contributed by atoms with Crippen molar-refractivity contribution in [1.82, 2.24) is 5.32 Å². The van der Waals surface area contributed by atoms with E-state index in [0.29, 0.717) is 23.3 Å². The van der Waals surface area contributed by atoms with Crippen LogP contribution in [0, 0.1) is 0 Å². The molecule has 1 amide bonds. The first-order valence-electron chi connectivity index (χ1n) is 6.20. The van der Waals surface area contributed by atoms with E-state index in [4.69, 9.17) is 9.84 Å². The van der Waals surface area contributed by atoms with Gasteiger partial charge in [0.25, 0.3) is 0 Å². The Kier molecular flexibility index (Phi) is 5.11. The van der Waals surface area contributed by atoms with Crippen LogP contribution in [0.5, 0.6) is 0 Å². The Morgan fingerprint density at radius 1 is 1.45 bits per heavy atom. The third-order valence-electron chi connectivity index (χ3n) is 2.85. The molecule has 7 heteroatoms. The highest BCUT2D eigenvalue weighted by atomic mass is 79.9. The molecular weight excluding hydrogens is 328 g/mol. The van der Waals surface area contributed by atoms with Gasteiger partial charge in [-0.3, -0.25) is 4.79 Å². The molecule has 1 atom stereocenters. The number of benzene rings is 1. The molecule has 0 radical (unpaired) electrons. The summed E-state index contributed by atoms with van der Waals surface area (Å²) in [4.78, 5) is 22.8. The highest BCUT2D eigenvalue weighted by Gasteiger charge is 2.17. The van der Waals surface area contributed by atoms with Crippen molar-refractivity contribution >= 4 is 33.5 Å². The molecular formula is C13H15BrN2O4. The maximum atomic E-state index is 11.9. The standard InChI is InChI=1S/C13H15BrN2O4/c14-9-3-8(13(18)19)4-10(5-9)16-12(17)6-11-7-15-1-2-20-11/h3-5,11,15H,1-2,6-7H2,(H,16,17)(H,18,19). The molecule has 1 unspecified atom stereocenters. The molecule has 3 N–H and O–H groups in total. The highest BCUT2D eigenvalue weighted by Crippen LogP contribution is 2.20. The topological polar surface area (TPSA) is 87.7 Å². The average molecular weight is 343 g/mol. The van der Waals surface area contributed by atoms with Gasteiger partial charge >= 0.3 is 5.97 Å². The fraction of sp³-hybridized carbons (Fsp3) is 0.385. The summed E-state index contributed by atoms with van der Waals surface area (Å²) < 4.78 is 6.05. The number of hydrogen-bond donors (Lipinski definition) is 3. The first-order chi connectivity index (χ1) is 9.54. The number of amides is 1. The predicted molar refractivity (Wildman–Crippen MR) is 77.0 cm³/mol. The smallest absolute Gasteiger partial charge is 0.335 e. The zero-order valence-corrected chi connectivity index (χ0v) is 12.3. The zero-order valence-electron chi connectivity index (χ0n) is 10.7. The van der Waals surface area contributed by atoms with Gasteiger partial charge in [-0.25, -0.2) is 4.79 Å². The monoisotopic (exact) mass is 342 g/mol. The second kappa shape index (κ2) is 6.83. The quantitative estimate of drug-likeness (QED) is 0.771. The highest BCUT2D eigenvalue weighted by molar-refractivity contribution is 9.10. The molecule has 0 aliphatic carbocycles. The number of carbonyl (C=O) groups is 2. The Morgan fingerprint density at radius 3 is 2.90 bits per heavy atom. The van der Waals surface area contributed by atoms with Gasteiger partial charge in [0.2, 0.25) is 5.91 Å². The number of anilines is 1. The first kappa shape index (κ1) is 15.0. The van der Waals surface area contributed by atoms with Crippen molar-refractivity contribution in [2.24, 2.45) is 0 Å². The van der Waals surface area contributed by atoms with Crippen molar-refractivity contribution < 1.29 is 19.4 Å². The summed E-state index contributed by atoms with van der Waals surface area (Å²) in [6.45, 7) is 2.04. The summed E-state index contributed by atoms with van der Waals surface area (Å²) in [5.41, 5.74) is 0.566. The van der Waals surface area contributed by atoms with Crippen molar-refractivity contribution in [3.05, 3.63) is 28.2 Å². The second-order valence-electron chi connectivity index (χ2n) is 4.48. The number of halogens is 1. The molecule has 2 rings (SSSR count). The van der Waals surface area contributed by atoms with E-state index in [1.165, 1.54) is 12.1 Å². The van der Waals surface area contributed by atoms with E-state index in [-0.39, 0.29) is 24.0 Å². The van der Waals surface area contributed by atoms with E-state index in [9.17, 15) is 9.59 Å². The lowest BCUT2D eigenvalue weighted by atomic mass is 10.2. The Morgan fingerprint density at radius 2 is 2.25 bits per heavy atom. The van der Waals surface area contributed by atoms with Gasteiger partial charge in [-0.05, 0) is 18.2 Å². The number of ether oxygens (including phenoxy) is 1. The van der Waals surface area contributed by atoms with Crippen molar-refractivity contribution in [2.75, 3.05) is 25.0 Å². The predicted octanol–water partition coefficient (Wildman–Crippen LogP) is 1.46. The van der Waals surface area contributed by atoms with E-state index >= 15 is 0 Å². The number of carboxylic acids is 1. The van der Waals surface area contributed by atoms with E-state index in [1.807, 2.05) is 0 Å². The number of carbonyl (C=O) groups excluding carboxylic acids is 1. The van der Waals surface area contributed by atoms with Crippen LogP contribution in [0.25, 0.3) is 0 Å². The number of carboxylic acid groups (broad SMARTS) is 1. The van der Waals surface area contributed by atoms with Gasteiger partial charge in [0.15, 0.2) is 0 Å². The molecule has 1 saturated heterocycles. The maximum absolute atomic E-state index is 11.9. The van der Waals surface area contributed by atoms with Crippen LogP contribution in [0.1, 0.15) is 16.8 Å². The molecule has 1 aliphatic rings. The third kappa shape index (κ3) is 4.29. The minimum absolute atomic E-state index is 0.116. The minimum atomic E-state index is -1.04. The van der Waals surface area contributed by atoms with Gasteiger partial charge in [-0.1, -0.05) is 15.9 Å². The SMILES string of the molecule is O=C(CC1CNCCO1)Nc1cc(Br)cc(C(=O)O)c1. The molecule has 20 heavy (non-hydrogen) atoms. The summed E-state index contributed by atoms with van der Waals surface area (Å²) in [5.74, 6) is -1.24. The van der Waals surface area contributed by atoms with Gasteiger partial charge in [0.05, 0.1) is 24.7 Å². The van der Waals surface area contributed by atoms with Crippen LogP contribution in [-0.4, -0.2) is 42.8 Å². The molecule has 6 nitrogen and oxygen atoms in total. The molecule has 0 aromatic heterocycles. The molecule has 108 valence electrons. The Labute approximate surface area is 124 Å². The summed E-state index contributed by atoms with van der Waals surface area (Å²) in [7, 11) is 0. The Hall–Kier alpha value is -1.44. The van der Waals surface area contributed by atoms with Crippen molar-refractivity contribution in [3.8, 4) is 0 Å². The molecule has 0 saturated carbocycles. The summed E-state index contributed by atoms with van der Waals surface area (Å²) in [5, 5.41) is 14.8. The van der Waals surface area contributed by atoms with Gasteiger partial charge in [-0.15, -0.1) is 0 Å². The van der Waals surface area contributed by atoms with Crippen LogP contribution in [0.4, 0.5) is 5.69 Å². The Balaban J connectivity index is 1.98.